The molecule has 0 aliphatic carbocycles. The van der Waals surface area contributed by atoms with Gasteiger partial charge in [-0.1, -0.05) is 13.8 Å². The van der Waals surface area contributed by atoms with E-state index in [1.54, 1.807) is 20.2 Å². The quantitative estimate of drug-likeness (QED) is 0.805. The van der Waals surface area contributed by atoms with Crippen LogP contribution in [0.1, 0.15) is 33.0 Å². The molecule has 1 heterocycles. The number of halogens is 1. The summed E-state index contributed by atoms with van der Waals surface area (Å²) in [7, 11) is -0.157. The van der Waals surface area contributed by atoms with Crippen molar-refractivity contribution in [3.05, 3.63) is 16.5 Å². The molecule has 0 radical (unpaired) electrons. The molecular formula is C13H23BrN2O3S. The Morgan fingerprint density at radius 1 is 1.40 bits per heavy atom. The van der Waals surface area contributed by atoms with Crippen LogP contribution < -0.4 is 5.32 Å². The Kier molecular flexibility index (Phi) is 6.25. The van der Waals surface area contributed by atoms with Gasteiger partial charge in [-0.05, 0) is 42.2 Å². The first-order valence-corrected chi connectivity index (χ1v) is 8.84. The topological polar surface area (TPSA) is 62.6 Å². The van der Waals surface area contributed by atoms with Crippen LogP contribution >= 0.6 is 15.9 Å². The summed E-state index contributed by atoms with van der Waals surface area (Å²) in [6, 6.07) is 1.50. The van der Waals surface area contributed by atoms with E-state index in [0.717, 1.165) is 6.42 Å². The average Bonchev–Trinajstić information content (AvgIpc) is 2.69. The second kappa shape index (κ2) is 7.06. The van der Waals surface area contributed by atoms with E-state index in [0.29, 0.717) is 18.2 Å². The molecule has 1 atom stereocenters. The lowest BCUT2D eigenvalue weighted by Crippen LogP contribution is -2.35. The Morgan fingerprint density at radius 2 is 2.00 bits per heavy atom. The highest BCUT2D eigenvalue weighted by Gasteiger charge is 2.30. The van der Waals surface area contributed by atoms with Gasteiger partial charge in [-0.3, -0.25) is 0 Å². The predicted molar refractivity (Wildman–Crippen MR) is 83.0 cm³/mol. The monoisotopic (exact) mass is 366 g/mol. The maximum absolute atomic E-state index is 12.6. The van der Waals surface area contributed by atoms with Gasteiger partial charge in [0.2, 0.25) is 10.0 Å². The molecule has 0 saturated carbocycles. The van der Waals surface area contributed by atoms with Crippen LogP contribution in [0.5, 0.6) is 0 Å². The van der Waals surface area contributed by atoms with Crippen molar-refractivity contribution in [3.63, 3.8) is 0 Å². The Labute approximate surface area is 129 Å². The van der Waals surface area contributed by atoms with E-state index in [1.807, 2.05) is 6.92 Å². The molecule has 0 bridgehead atoms. The third kappa shape index (κ3) is 4.07. The maximum atomic E-state index is 12.6. The standard InChI is InChI=1S/C13H23BrN2O3S/c1-9(2)6-10(3)16(5)20(17,18)12-7-11(8-15-4)19-13(12)14/h7,9-10,15H,6,8H2,1-5H3. The summed E-state index contributed by atoms with van der Waals surface area (Å²) >= 11 is 3.19. The van der Waals surface area contributed by atoms with E-state index >= 15 is 0 Å². The highest BCUT2D eigenvalue weighted by atomic mass is 79.9. The summed E-state index contributed by atoms with van der Waals surface area (Å²) in [5, 5.41) is 2.93. The summed E-state index contributed by atoms with van der Waals surface area (Å²) in [6.07, 6.45) is 0.814. The number of sulfonamides is 1. The second-order valence-electron chi connectivity index (χ2n) is 5.38. The van der Waals surface area contributed by atoms with E-state index in [4.69, 9.17) is 4.42 Å². The third-order valence-electron chi connectivity index (χ3n) is 3.15. The molecule has 0 amide bonds. The van der Waals surface area contributed by atoms with Crippen LogP contribution in [0.4, 0.5) is 0 Å². The van der Waals surface area contributed by atoms with Crippen LogP contribution in [0.15, 0.2) is 20.0 Å². The Bertz CT molecular complexity index is 540. The van der Waals surface area contributed by atoms with Crippen molar-refractivity contribution in [1.82, 2.24) is 9.62 Å². The molecular weight excluding hydrogens is 344 g/mol. The van der Waals surface area contributed by atoms with Gasteiger partial charge in [-0.15, -0.1) is 0 Å². The fourth-order valence-corrected chi connectivity index (χ4v) is 4.39. The summed E-state index contributed by atoms with van der Waals surface area (Å²) in [5.74, 6) is 1.03. The van der Waals surface area contributed by atoms with E-state index < -0.39 is 10.0 Å². The van der Waals surface area contributed by atoms with Gasteiger partial charge in [0.15, 0.2) is 4.67 Å². The van der Waals surface area contributed by atoms with Gasteiger partial charge in [-0.2, -0.15) is 4.31 Å². The van der Waals surface area contributed by atoms with Gasteiger partial charge in [-0.25, -0.2) is 8.42 Å². The largest absolute Gasteiger partial charge is 0.452 e. The summed E-state index contributed by atoms with van der Waals surface area (Å²) in [5.41, 5.74) is 0. The molecule has 5 nitrogen and oxygen atoms in total. The van der Waals surface area contributed by atoms with Gasteiger partial charge in [0, 0.05) is 19.2 Å². The van der Waals surface area contributed by atoms with Crippen LogP contribution in [-0.4, -0.2) is 32.9 Å². The molecule has 0 aliphatic heterocycles. The first-order chi connectivity index (χ1) is 9.20. The normalized spacial score (nSPS) is 14.2. The van der Waals surface area contributed by atoms with E-state index in [1.165, 1.54) is 4.31 Å². The molecule has 0 fully saturated rings. The fraction of sp³-hybridized carbons (Fsp3) is 0.692. The van der Waals surface area contributed by atoms with Crippen LogP contribution in [0.25, 0.3) is 0 Å². The molecule has 1 unspecified atom stereocenters. The van der Waals surface area contributed by atoms with Crippen molar-refractivity contribution in [1.29, 1.82) is 0 Å². The highest BCUT2D eigenvalue weighted by molar-refractivity contribution is 9.10. The van der Waals surface area contributed by atoms with E-state index in [2.05, 4.69) is 35.1 Å². The lowest BCUT2D eigenvalue weighted by molar-refractivity contribution is 0.337. The fourth-order valence-electron chi connectivity index (χ4n) is 2.06. The minimum Gasteiger partial charge on any atom is -0.452 e. The zero-order chi connectivity index (χ0) is 15.5. The predicted octanol–water partition coefficient (Wildman–Crippen LogP) is 2.82. The van der Waals surface area contributed by atoms with Crippen LogP contribution in [0.3, 0.4) is 0 Å². The summed E-state index contributed by atoms with van der Waals surface area (Å²) < 4.78 is 32.3. The molecule has 1 N–H and O–H groups in total. The van der Waals surface area contributed by atoms with Crippen molar-refractivity contribution in [2.45, 2.75) is 44.7 Å². The van der Waals surface area contributed by atoms with Gasteiger partial charge in [0.05, 0.1) is 6.54 Å². The Morgan fingerprint density at radius 3 is 2.50 bits per heavy atom. The Balaban J connectivity index is 3.03. The number of rotatable bonds is 7. The smallest absolute Gasteiger partial charge is 0.247 e. The van der Waals surface area contributed by atoms with Gasteiger partial charge >= 0.3 is 0 Å². The molecule has 0 aliphatic rings. The van der Waals surface area contributed by atoms with Crippen molar-refractivity contribution in [3.8, 4) is 0 Å². The molecule has 116 valence electrons. The molecule has 0 saturated heterocycles. The highest BCUT2D eigenvalue weighted by Crippen LogP contribution is 2.29. The van der Waals surface area contributed by atoms with Gasteiger partial charge in [0.1, 0.15) is 10.7 Å². The molecule has 0 aromatic carbocycles. The molecule has 1 aromatic heterocycles. The van der Waals surface area contributed by atoms with Crippen LogP contribution in [-0.2, 0) is 16.6 Å². The van der Waals surface area contributed by atoms with Crippen molar-refractivity contribution in [2.24, 2.45) is 5.92 Å². The van der Waals surface area contributed by atoms with Gasteiger partial charge in [0.25, 0.3) is 0 Å². The second-order valence-corrected chi connectivity index (χ2v) is 8.07. The minimum atomic E-state index is -3.55. The number of hydrogen-bond acceptors (Lipinski definition) is 4. The number of furan rings is 1. The lowest BCUT2D eigenvalue weighted by atomic mass is 10.1. The molecule has 20 heavy (non-hydrogen) atoms. The lowest BCUT2D eigenvalue weighted by Gasteiger charge is -2.25. The third-order valence-corrected chi connectivity index (χ3v) is 5.98. The number of nitrogens with one attached hydrogen (secondary N) is 1. The van der Waals surface area contributed by atoms with Gasteiger partial charge < -0.3 is 9.73 Å². The molecule has 7 heteroatoms. The first kappa shape index (κ1) is 17.7. The van der Waals surface area contributed by atoms with Crippen LogP contribution in [0, 0.1) is 5.92 Å². The van der Waals surface area contributed by atoms with Crippen molar-refractivity contribution < 1.29 is 12.8 Å². The summed E-state index contributed by atoms with van der Waals surface area (Å²) in [6.45, 7) is 6.56. The Hall–Kier alpha value is -0.370. The zero-order valence-corrected chi connectivity index (χ0v) is 15.0. The zero-order valence-electron chi connectivity index (χ0n) is 12.6. The van der Waals surface area contributed by atoms with Crippen LogP contribution in [0.2, 0.25) is 0 Å². The minimum absolute atomic E-state index is 0.0606. The van der Waals surface area contributed by atoms with E-state index in [9.17, 15) is 8.42 Å². The van der Waals surface area contributed by atoms with Crippen molar-refractivity contribution in [2.75, 3.05) is 14.1 Å². The first-order valence-electron chi connectivity index (χ1n) is 6.61. The van der Waals surface area contributed by atoms with E-state index in [-0.39, 0.29) is 15.6 Å². The number of nitrogens with zero attached hydrogens (tertiary/aromatic N) is 1. The average molecular weight is 367 g/mol. The maximum Gasteiger partial charge on any atom is 0.247 e. The number of hydrogen-bond donors (Lipinski definition) is 1. The molecule has 1 rings (SSSR count). The summed E-state index contributed by atoms with van der Waals surface area (Å²) in [4.78, 5) is 0.181. The molecule has 0 spiro atoms. The SMILES string of the molecule is CNCc1cc(S(=O)(=O)N(C)C(C)CC(C)C)c(Br)o1. The van der Waals surface area contributed by atoms with Crippen molar-refractivity contribution >= 4 is 26.0 Å². The molecule has 1 aromatic rings.